The quantitative estimate of drug-likeness (QED) is 0.527. The fraction of sp³-hybridized carbons (Fsp3) is 0.591. The summed E-state index contributed by atoms with van der Waals surface area (Å²) in [4.78, 5) is 41.4. The molecular weight excluding hydrogens is 428 g/mol. The number of carbonyl (C=O) groups is 3. The zero-order chi connectivity index (χ0) is 23.5. The topological polar surface area (TPSA) is 139 Å². The lowest BCUT2D eigenvalue weighted by Gasteiger charge is -2.35. The molecule has 1 spiro atoms. The maximum Gasteiger partial charge on any atom is 0.247 e. The Bertz CT molecular complexity index is 1140. The molecule has 4 heterocycles. The molecule has 3 N–H and O–H groups in total. The lowest BCUT2D eigenvalue weighted by atomic mass is 9.66. The largest absolute Gasteiger partial charge is 0.394 e. The molecular formula is C22H28N6O5. The second kappa shape index (κ2) is 7.49. The van der Waals surface area contributed by atoms with E-state index in [0.29, 0.717) is 18.4 Å². The fourth-order valence-electron chi connectivity index (χ4n) is 6.07. The average molecular weight is 457 g/mol. The normalized spacial score (nSPS) is 33.4. The van der Waals surface area contributed by atoms with Gasteiger partial charge in [-0.1, -0.05) is 17.3 Å². The molecule has 0 radical (unpaired) electrons. The molecule has 6 atom stereocenters. The molecule has 2 bridgehead atoms. The molecule has 0 aliphatic carbocycles. The van der Waals surface area contributed by atoms with Gasteiger partial charge in [0.1, 0.15) is 23.8 Å². The van der Waals surface area contributed by atoms with Crippen LogP contribution in [0, 0.1) is 11.8 Å². The number of aliphatic hydroxyl groups excluding tert-OH is 1. The summed E-state index contributed by atoms with van der Waals surface area (Å²) in [5.74, 6) is -2.50. The third kappa shape index (κ3) is 2.91. The van der Waals surface area contributed by atoms with E-state index in [1.54, 1.807) is 11.6 Å². The highest BCUT2D eigenvalue weighted by molar-refractivity contribution is 5.99. The van der Waals surface area contributed by atoms with Crippen molar-refractivity contribution in [3.8, 4) is 0 Å². The number of fused-ring (bicyclic) bond motifs is 2. The number of aromatic nitrogens is 3. The van der Waals surface area contributed by atoms with Crippen LogP contribution < -0.4 is 10.6 Å². The van der Waals surface area contributed by atoms with E-state index < -0.39 is 41.0 Å². The molecule has 176 valence electrons. The number of likely N-dealkylation sites (tertiary alicyclic amines) is 1. The number of para-hydroxylation sites is 1. The molecule has 5 rings (SSSR count). The first-order chi connectivity index (χ1) is 15.8. The molecule has 3 aliphatic heterocycles. The number of nitrogens with zero attached hydrogens (tertiary/aromatic N) is 4. The molecule has 11 nitrogen and oxygen atoms in total. The van der Waals surface area contributed by atoms with Crippen LogP contribution in [-0.2, 0) is 25.8 Å². The number of hydrogen-bond acceptors (Lipinski definition) is 7. The summed E-state index contributed by atoms with van der Waals surface area (Å²) >= 11 is 0. The van der Waals surface area contributed by atoms with Crippen LogP contribution in [0.5, 0.6) is 0 Å². The van der Waals surface area contributed by atoms with Crippen LogP contribution in [0.25, 0.3) is 11.0 Å². The summed E-state index contributed by atoms with van der Waals surface area (Å²) in [6, 6.07) is 5.82. The van der Waals surface area contributed by atoms with Crippen LogP contribution in [0.15, 0.2) is 24.3 Å². The Morgan fingerprint density at radius 2 is 2.06 bits per heavy atom. The Labute approximate surface area is 190 Å². The number of hydrogen-bond donors (Lipinski definition) is 3. The minimum atomic E-state index is -1.12. The molecule has 3 amide bonds. The predicted octanol–water partition coefficient (Wildman–Crippen LogP) is -0.603. The van der Waals surface area contributed by atoms with Crippen molar-refractivity contribution in [3.05, 3.63) is 24.3 Å². The number of benzene rings is 1. The summed E-state index contributed by atoms with van der Waals surface area (Å²) in [5, 5.41) is 23.6. The SMILES string of the molecule is CNC(=O)[C@@H]1[C@H]2C(=O)N([C@H](C)CO)C(C(=O)NCn3nnc4ccccc43)C23CC[C@@]1(C)O3. The summed E-state index contributed by atoms with van der Waals surface area (Å²) < 4.78 is 8.01. The van der Waals surface area contributed by atoms with Crippen molar-refractivity contribution in [1.29, 1.82) is 0 Å². The molecule has 2 unspecified atom stereocenters. The van der Waals surface area contributed by atoms with E-state index in [2.05, 4.69) is 20.9 Å². The van der Waals surface area contributed by atoms with Gasteiger partial charge in [0.15, 0.2) is 0 Å². The third-order valence-electron chi connectivity index (χ3n) is 7.55. The Morgan fingerprint density at radius 1 is 1.30 bits per heavy atom. The van der Waals surface area contributed by atoms with Gasteiger partial charge in [-0.25, -0.2) is 4.68 Å². The van der Waals surface area contributed by atoms with Gasteiger partial charge in [0.2, 0.25) is 17.7 Å². The van der Waals surface area contributed by atoms with Crippen LogP contribution in [0.2, 0.25) is 0 Å². The van der Waals surface area contributed by atoms with Gasteiger partial charge in [0.25, 0.3) is 0 Å². The van der Waals surface area contributed by atoms with Gasteiger partial charge in [0, 0.05) is 7.05 Å². The predicted molar refractivity (Wildman–Crippen MR) is 115 cm³/mol. The van der Waals surface area contributed by atoms with Crippen LogP contribution in [0.3, 0.4) is 0 Å². The van der Waals surface area contributed by atoms with Gasteiger partial charge >= 0.3 is 0 Å². The maximum atomic E-state index is 13.6. The minimum absolute atomic E-state index is 0.0578. The maximum absolute atomic E-state index is 13.6. The molecule has 3 fully saturated rings. The lowest BCUT2D eigenvalue weighted by Crippen LogP contribution is -2.57. The minimum Gasteiger partial charge on any atom is -0.394 e. The first-order valence-electron chi connectivity index (χ1n) is 11.2. The van der Waals surface area contributed by atoms with E-state index >= 15 is 0 Å². The fourth-order valence-corrected chi connectivity index (χ4v) is 6.07. The Balaban J connectivity index is 1.48. The van der Waals surface area contributed by atoms with Crippen molar-refractivity contribution in [1.82, 2.24) is 30.5 Å². The number of rotatable bonds is 6. The number of carbonyl (C=O) groups excluding carboxylic acids is 3. The molecule has 33 heavy (non-hydrogen) atoms. The Kier molecular flexibility index (Phi) is 4.94. The number of ether oxygens (including phenoxy) is 1. The van der Waals surface area contributed by atoms with Gasteiger partial charge in [-0.3, -0.25) is 14.4 Å². The second-order valence-electron chi connectivity index (χ2n) is 9.40. The molecule has 3 aliphatic rings. The van der Waals surface area contributed by atoms with Crippen LogP contribution in [-0.4, -0.2) is 79.7 Å². The highest BCUT2D eigenvalue weighted by atomic mass is 16.5. The first-order valence-corrected chi connectivity index (χ1v) is 11.2. The Hall–Kier alpha value is -3.05. The van der Waals surface area contributed by atoms with Gasteiger partial charge in [0.05, 0.1) is 35.6 Å². The molecule has 11 heteroatoms. The lowest BCUT2D eigenvalue weighted by molar-refractivity contribution is -0.149. The summed E-state index contributed by atoms with van der Waals surface area (Å²) in [6.07, 6.45) is 1.04. The van der Waals surface area contributed by atoms with Gasteiger partial charge in [-0.15, -0.1) is 5.10 Å². The van der Waals surface area contributed by atoms with Crippen molar-refractivity contribution >= 4 is 28.8 Å². The van der Waals surface area contributed by atoms with Gasteiger partial charge in [-0.05, 0) is 38.8 Å². The van der Waals surface area contributed by atoms with E-state index in [1.165, 1.54) is 11.9 Å². The average Bonchev–Trinajstić information content (AvgIpc) is 3.52. The molecule has 1 aromatic heterocycles. The van der Waals surface area contributed by atoms with Crippen molar-refractivity contribution in [3.63, 3.8) is 0 Å². The number of amides is 3. The van der Waals surface area contributed by atoms with Crippen molar-refractivity contribution in [2.45, 2.75) is 56.6 Å². The smallest absolute Gasteiger partial charge is 0.247 e. The van der Waals surface area contributed by atoms with E-state index in [-0.39, 0.29) is 25.1 Å². The summed E-state index contributed by atoms with van der Waals surface area (Å²) in [6.45, 7) is 3.27. The standard InChI is InChI=1S/C22H28N6O5/c1-12(10-29)28-17(19(31)24-11-27-14-7-5-4-6-13(14)25-26-27)22-9-8-21(2,33-22)15(18(30)23-3)16(22)20(28)32/h4-7,12,15-17,29H,8-11H2,1-3H3,(H,23,30)(H,24,31)/t12-,15+,16+,17?,21-,22?/m1/s1. The molecule has 1 aromatic carbocycles. The van der Waals surface area contributed by atoms with Crippen molar-refractivity contribution in [2.75, 3.05) is 13.7 Å². The van der Waals surface area contributed by atoms with Crippen molar-refractivity contribution in [2.24, 2.45) is 11.8 Å². The molecule has 3 saturated heterocycles. The van der Waals surface area contributed by atoms with Crippen LogP contribution >= 0.6 is 0 Å². The van der Waals surface area contributed by atoms with E-state index in [4.69, 9.17) is 4.74 Å². The van der Waals surface area contributed by atoms with Crippen molar-refractivity contribution < 1.29 is 24.2 Å². The second-order valence-corrected chi connectivity index (χ2v) is 9.40. The van der Waals surface area contributed by atoms with Crippen LogP contribution in [0.1, 0.15) is 26.7 Å². The number of aliphatic hydroxyl groups is 1. The van der Waals surface area contributed by atoms with Gasteiger partial charge in [-0.2, -0.15) is 0 Å². The Morgan fingerprint density at radius 3 is 2.79 bits per heavy atom. The van der Waals surface area contributed by atoms with E-state index in [0.717, 1.165) is 5.52 Å². The summed E-state index contributed by atoms with van der Waals surface area (Å²) in [7, 11) is 1.53. The zero-order valence-electron chi connectivity index (χ0n) is 18.8. The summed E-state index contributed by atoms with van der Waals surface area (Å²) in [5.41, 5.74) is -0.477. The van der Waals surface area contributed by atoms with Crippen LogP contribution in [0.4, 0.5) is 0 Å². The zero-order valence-corrected chi connectivity index (χ0v) is 18.8. The molecule has 2 aromatic rings. The molecule has 0 saturated carbocycles. The van der Waals surface area contributed by atoms with E-state index in [1.807, 2.05) is 31.2 Å². The highest BCUT2D eigenvalue weighted by Gasteiger charge is 2.78. The third-order valence-corrected chi connectivity index (χ3v) is 7.55. The first kappa shape index (κ1) is 21.8. The monoisotopic (exact) mass is 456 g/mol. The van der Waals surface area contributed by atoms with E-state index in [9.17, 15) is 19.5 Å². The van der Waals surface area contributed by atoms with Gasteiger partial charge < -0.3 is 25.4 Å². The highest BCUT2D eigenvalue weighted by Crippen LogP contribution is 2.63. The number of nitrogens with one attached hydrogen (secondary N) is 2.